The van der Waals surface area contributed by atoms with E-state index in [2.05, 4.69) is 31.4 Å². The molecule has 0 saturated carbocycles. The summed E-state index contributed by atoms with van der Waals surface area (Å²) in [5, 5.41) is 3.76. The van der Waals surface area contributed by atoms with Crippen LogP contribution < -0.4 is 10.3 Å². The van der Waals surface area contributed by atoms with Crippen LogP contribution in [-0.2, 0) is 9.53 Å². The van der Waals surface area contributed by atoms with Crippen molar-refractivity contribution in [3.63, 3.8) is 0 Å². The fourth-order valence-electron chi connectivity index (χ4n) is 1.61. The summed E-state index contributed by atoms with van der Waals surface area (Å²) >= 11 is 3.45. The van der Waals surface area contributed by atoms with E-state index in [0.717, 1.165) is 23.4 Å². The Bertz CT molecular complexity index is 452. The first-order valence-electron chi connectivity index (χ1n) is 5.58. The van der Waals surface area contributed by atoms with Gasteiger partial charge in [-0.25, -0.2) is 5.43 Å². The van der Waals surface area contributed by atoms with Gasteiger partial charge in [0.15, 0.2) is 5.76 Å². The molecule has 98 valence electrons. The van der Waals surface area contributed by atoms with Gasteiger partial charge in [0.25, 0.3) is 0 Å². The van der Waals surface area contributed by atoms with Crippen LogP contribution in [0.3, 0.4) is 0 Å². The highest BCUT2D eigenvalue weighted by Crippen LogP contribution is 2.30. The maximum atomic E-state index is 10.7. The Hall–Kier alpha value is -1.34. The summed E-state index contributed by atoms with van der Waals surface area (Å²) in [4.78, 5) is 12.8. The maximum absolute atomic E-state index is 10.7. The first-order valence-corrected chi connectivity index (χ1v) is 6.38. The Morgan fingerprint density at radius 1 is 1.56 bits per heavy atom. The van der Waals surface area contributed by atoms with Crippen LogP contribution in [0.5, 0.6) is 0 Å². The molecule has 1 amide bonds. The van der Waals surface area contributed by atoms with E-state index in [1.54, 1.807) is 0 Å². The number of furan rings is 1. The SMILES string of the molecule is CC(=O)N/N=C\c1cc(Br)c(N2CCOCC2)o1. The van der Waals surface area contributed by atoms with Gasteiger partial charge in [0.05, 0.1) is 23.9 Å². The molecule has 2 heterocycles. The molecule has 1 fully saturated rings. The van der Waals surface area contributed by atoms with Gasteiger partial charge in [0.1, 0.15) is 0 Å². The van der Waals surface area contributed by atoms with E-state index in [9.17, 15) is 4.79 Å². The number of nitrogens with one attached hydrogen (secondary N) is 1. The van der Waals surface area contributed by atoms with E-state index >= 15 is 0 Å². The van der Waals surface area contributed by atoms with Gasteiger partial charge in [-0.15, -0.1) is 0 Å². The average molecular weight is 316 g/mol. The zero-order valence-corrected chi connectivity index (χ0v) is 11.6. The van der Waals surface area contributed by atoms with Gasteiger partial charge in [-0.2, -0.15) is 5.10 Å². The van der Waals surface area contributed by atoms with Gasteiger partial charge in [0.2, 0.25) is 11.8 Å². The minimum Gasteiger partial charge on any atom is -0.438 e. The third-order valence-electron chi connectivity index (χ3n) is 2.40. The van der Waals surface area contributed by atoms with E-state index in [1.165, 1.54) is 13.1 Å². The molecule has 0 bridgehead atoms. The highest BCUT2D eigenvalue weighted by molar-refractivity contribution is 9.10. The summed E-state index contributed by atoms with van der Waals surface area (Å²) in [6.07, 6.45) is 1.47. The second-order valence-corrected chi connectivity index (χ2v) is 4.68. The molecule has 0 atom stereocenters. The van der Waals surface area contributed by atoms with E-state index in [1.807, 2.05) is 6.07 Å². The molecule has 0 radical (unpaired) electrons. The topological polar surface area (TPSA) is 67.1 Å². The van der Waals surface area contributed by atoms with E-state index < -0.39 is 0 Å². The molecule has 0 spiro atoms. The predicted molar refractivity (Wildman–Crippen MR) is 70.9 cm³/mol. The molecule has 6 nitrogen and oxygen atoms in total. The Balaban J connectivity index is 2.06. The zero-order chi connectivity index (χ0) is 13.0. The van der Waals surface area contributed by atoms with Crippen LogP contribution >= 0.6 is 15.9 Å². The number of anilines is 1. The molecule has 0 aliphatic carbocycles. The molecule has 1 aromatic rings. The van der Waals surface area contributed by atoms with Crippen LogP contribution in [0.4, 0.5) is 5.88 Å². The number of morpholine rings is 1. The third kappa shape index (κ3) is 3.33. The third-order valence-corrected chi connectivity index (χ3v) is 2.97. The van der Waals surface area contributed by atoms with E-state index in [-0.39, 0.29) is 5.91 Å². The number of carbonyl (C=O) groups excluding carboxylic acids is 1. The minimum atomic E-state index is -0.217. The molecule has 1 saturated heterocycles. The lowest BCUT2D eigenvalue weighted by molar-refractivity contribution is -0.118. The largest absolute Gasteiger partial charge is 0.438 e. The molecule has 2 rings (SSSR count). The number of hydrogen-bond donors (Lipinski definition) is 1. The Morgan fingerprint density at radius 3 is 2.94 bits per heavy atom. The standard InChI is InChI=1S/C11H14BrN3O3/c1-8(16)14-13-7-9-6-10(12)11(18-9)15-2-4-17-5-3-15/h6-7H,2-5H2,1H3,(H,14,16)/b13-7-. The fourth-order valence-corrected chi connectivity index (χ4v) is 2.17. The molecule has 0 unspecified atom stereocenters. The smallest absolute Gasteiger partial charge is 0.236 e. The first kappa shape index (κ1) is 13.1. The summed E-state index contributed by atoms with van der Waals surface area (Å²) in [5.74, 6) is 1.13. The van der Waals surface area contributed by atoms with Gasteiger partial charge >= 0.3 is 0 Å². The Kier molecular flexibility index (Phi) is 4.38. The van der Waals surface area contributed by atoms with Crippen molar-refractivity contribution in [3.8, 4) is 0 Å². The minimum absolute atomic E-state index is 0.217. The highest BCUT2D eigenvalue weighted by Gasteiger charge is 2.18. The van der Waals surface area contributed by atoms with Crippen molar-refractivity contribution in [2.75, 3.05) is 31.2 Å². The number of amides is 1. The van der Waals surface area contributed by atoms with Crippen LogP contribution in [-0.4, -0.2) is 38.4 Å². The molecule has 7 heteroatoms. The molecular weight excluding hydrogens is 302 g/mol. The van der Waals surface area contributed by atoms with Crippen molar-refractivity contribution in [1.82, 2.24) is 5.43 Å². The van der Waals surface area contributed by atoms with Gasteiger partial charge < -0.3 is 14.1 Å². The number of ether oxygens (including phenoxy) is 1. The average Bonchev–Trinajstić information content (AvgIpc) is 2.71. The van der Waals surface area contributed by atoms with Crippen LogP contribution in [0, 0.1) is 0 Å². The normalized spacial score (nSPS) is 16.2. The fraction of sp³-hybridized carbons (Fsp3) is 0.455. The maximum Gasteiger partial charge on any atom is 0.236 e. The summed E-state index contributed by atoms with van der Waals surface area (Å²) in [7, 11) is 0. The van der Waals surface area contributed by atoms with E-state index in [4.69, 9.17) is 9.15 Å². The quantitative estimate of drug-likeness (QED) is 0.675. The number of halogens is 1. The first-order chi connectivity index (χ1) is 8.66. The molecular formula is C11H14BrN3O3. The van der Waals surface area contributed by atoms with Crippen molar-refractivity contribution >= 4 is 33.9 Å². The number of hydrazone groups is 1. The summed E-state index contributed by atoms with van der Waals surface area (Å²) in [6.45, 7) is 4.39. The molecule has 18 heavy (non-hydrogen) atoms. The summed E-state index contributed by atoms with van der Waals surface area (Å²) in [6, 6.07) is 1.82. The van der Waals surface area contributed by atoms with Crippen LogP contribution in [0.2, 0.25) is 0 Å². The molecule has 1 aromatic heterocycles. The summed E-state index contributed by atoms with van der Waals surface area (Å²) < 4.78 is 11.8. The molecule has 1 aliphatic heterocycles. The second-order valence-electron chi connectivity index (χ2n) is 3.83. The Morgan fingerprint density at radius 2 is 2.28 bits per heavy atom. The lowest BCUT2D eigenvalue weighted by Gasteiger charge is -2.26. The van der Waals surface area contributed by atoms with Crippen molar-refractivity contribution in [3.05, 3.63) is 16.3 Å². The van der Waals surface area contributed by atoms with Gasteiger partial charge in [-0.05, 0) is 15.9 Å². The number of nitrogens with zero attached hydrogens (tertiary/aromatic N) is 2. The van der Waals surface area contributed by atoms with Crippen molar-refractivity contribution in [1.29, 1.82) is 0 Å². The molecule has 1 aliphatic rings. The highest BCUT2D eigenvalue weighted by atomic mass is 79.9. The summed E-state index contributed by atoms with van der Waals surface area (Å²) in [5.41, 5.74) is 2.32. The van der Waals surface area contributed by atoms with Gasteiger partial charge in [-0.1, -0.05) is 0 Å². The molecule has 0 aromatic carbocycles. The van der Waals surface area contributed by atoms with Gasteiger partial charge in [-0.3, -0.25) is 4.79 Å². The van der Waals surface area contributed by atoms with Crippen LogP contribution in [0.25, 0.3) is 0 Å². The zero-order valence-electron chi connectivity index (χ0n) is 9.98. The number of rotatable bonds is 3. The number of carbonyl (C=O) groups is 1. The monoisotopic (exact) mass is 315 g/mol. The lowest BCUT2D eigenvalue weighted by atomic mass is 10.4. The Labute approximate surface area is 113 Å². The van der Waals surface area contributed by atoms with E-state index in [0.29, 0.717) is 19.0 Å². The lowest BCUT2D eigenvalue weighted by Crippen LogP contribution is -2.36. The van der Waals surface area contributed by atoms with Crippen LogP contribution in [0.1, 0.15) is 12.7 Å². The van der Waals surface area contributed by atoms with Crippen molar-refractivity contribution < 1.29 is 13.9 Å². The second kappa shape index (κ2) is 6.01. The van der Waals surface area contributed by atoms with Crippen molar-refractivity contribution in [2.24, 2.45) is 5.10 Å². The molecule has 1 N–H and O–H groups in total. The van der Waals surface area contributed by atoms with Crippen molar-refractivity contribution in [2.45, 2.75) is 6.92 Å². The van der Waals surface area contributed by atoms with Crippen LogP contribution in [0.15, 0.2) is 20.1 Å². The predicted octanol–water partition coefficient (Wildman–Crippen LogP) is 1.35. The van der Waals surface area contributed by atoms with Gasteiger partial charge in [0, 0.05) is 26.1 Å². The number of hydrogen-bond acceptors (Lipinski definition) is 5.